The Balaban J connectivity index is 1.76. The lowest BCUT2D eigenvalue weighted by molar-refractivity contribution is 0.250. The number of hydrogen-bond donors (Lipinski definition) is 1. The van der Waals surface area contributed by atoms with Gasteiger partial charge in [-0.1, -0.05) is 0 Å². The minimum atomic E-state index is 0.276. The molecule has 2 unspecified atom stereocenters. The van der Waals surface area contributed by atoms with Crippen molar-refractivity contribution in [3.63, 3.8) is 0 Å². The van der Waals surface area contributed by atoms with Crippen LogP contribution in [0.25, 0.3) is 0 Å². The maximum atomic E-state index is 6.22. The fourth-order valence-corrected chi connectivity index (χ4v) is 4.81. The summed E-state index contributed by atoms with van der Waals surface area (Å²) in [5, 5.41) is 3.46. The molecule has 0 aliphatic carbocycles. The molecular weight excluding hydrogens is 342 g/mol. The summed E-state index contributed by atoms with van der Waals surface area (Å²) in [4.78, 5) is 0. The first-order chi connectivity index (χ1) is 10.6. The van der Waals surface area contributed by atoms with Crippen molar-refractivity contribution in [1.82, 2.24) is 5.32 Å². The molecular formula is C18H24BrNO2. The smallest absolute Gasteiger partial charge is 0.138 e. The van der Waals surface area contributed by atoms with Crippen LogP contribution in [0.2, 0.25) is 0 Å². The fourth-order valence-electron chi connectivity index (χ4n) is 4.14. The molecule has 3 aliphatic heterocycles. The monoisotopic (exact) mass is 365 g/mol. The van der Waals surface area contributed by atoms with Crippen LogP contribution in [-0.2, 0) is 19.3 Å². The van der Waals surface area contributed by atoms with Gasteiger partial charge in [-0.3, -0.25) is 0 Å². The van der Waals surface area contributed by atoms with Crippen LogP contribution in [0.3, 0.4) is 0 Å². The third-order valence-electron chi connectivity index (χ3n) is 5.22. The summed E-state index contributed by atoms with van der Waals surface area (Å²) in [6.07, 6.45) is 6.23. The molecule has 0 spiro atoms. The molecule has 1 fully saturated rings. The van der Waals surface area contributed by atoms with Crippen molar-refractivity contribution in [3.05, 3.63) is 21.2 Å². The SMILES string of the molecule is CC1Cc2c(CC3CCNCC3)c3c(c(Br)c2O1)CC(C)O3. The molecule has 3 aliphatic rings. The zero-order chi connectivity index (χ0) is 15.3. The molecule has 0 radical (unpaired) electrons. The van der Waals surface area contributed by atoms with E-state index in [1.165, 1.54) is 29.5 Å². The van der Waals surface area contributed by atoms with E-state index in [0.29, 0.717) is 0 Å². The van der Waals surface area contributed by atoms with E-state index in [0.717, 1.165) is 54.2 Å². The average molecular weight is 366 g/mol. The largest absolute Gasteiger partial charge is 0.490 e. The molecule has 0 bridgehead atoms. The number of hydrogen-bond acceptors (Lipinski definition) is 3. The normalized spacial score (nSPS) is 27.2. The summed E-state index contributed by atoms with van der Waals surface area (Å²) in [5.41, 5.74) is 4.16. The number of fused-ring (bicyclic) bond motifs is 2. The van der Waals surface area contributed by atoms with E-state index in [1.807, 2.05) is 0 Å². The van der Waals surface area contributed by atoms with E-state index >= 15 is 0 Å². The Morgan fingerprint density at radius 1 is 1.00 bits per heavy atom. The molecule has 1 N–H and O–H groups in total. The highest BCUT2D eigenvalue weighted by Gasteiger charge is 2.35. The quantitative estimate of drug-likeness (QED) is 0.867. The number of piperidine rings is 1. The van der Waals surface area contributed by atoms with Gasteiger partial charge in [0.1, 0.15) is 23.7 Å². The predicted molar refractivity (Wildman–Crippen MR) is 91.0 cm³/mol. The highest BCUT2D eigenvalue weighted by atomic mass is 79.9. The van der Waals surface area contributed by atoms with E-state index in [4.69, 9.17) is 9.47 Å². The Kier molecular flexibility index (Phi) is 3.85. The molecule has 1 saturated heterocycles. The highest BCUT2D eigenvalue weighted by molar-refractivity contribution is 9.10. The molecule has 0 amide bonds. The van der Waals surface area contributed by atoms with Crippen LogP contribution in [0.1, 0.15) is 43.4 Å². The highest BCUT2D eigenvalue weighted by Crippen LogP contribution is 2.50. The van der Waals surface area contributed by atoms with Crippen molar-refractivity contribution >= 4 is 15.9 Å². The van der Waals surface area contributed by atoms with Crippen LogP contribution in [0, 0.1) is 5.92 Å². The van der Waals surface area contributed by atoms with E-state index in [1.54, 1.807) is 0 Å². The van der Waals surface area contributed by atoms with Gasteiger partial charge < -0.3 is 14.8 Å². The first-order valence-corrected chi connectivity index (χ1v) is 9.33. The number of ether oxygens (including phenoxy) is 2. The Bertz CT molecular complexity index is 556. The summed E-state index contributed by atoms with van der Waals surface area (Å²) in [6, 6.07) is 0. The minimum absolute atomic E-state index is 0.276. The molecule has 4 rings (SSSR count). The summed E-state index contributed by atoms with van der Waals surface area (Å²) < 4.78 is 13.5. The van der Waals surface area contributed by atoms with Gasteiger partial charge in [-0.25, -0.2) is 0 Å². The van der Waals surface area contributed by atoms with Crippen LogP contribution < -0.4 is 14.8 Å². The van der Waals surface area contributed by atoms with Gasteiger partial charge in [0.15, 0.2) is 0 Å². The van der Waals surface area contributed by atoms with Crippen LogP contribution in [-0.4, -0.2) is 25.3 Å². The Labute approximate surface area is 140 Å². The van der Waals surface area contributed by atoms with Gasteiger partial charge >= 0.3 is 0 Å². The third kappa shape index (κ3) is 2.44. The van der Waals surface area contributed by atoms with Crippen LogP contribution in [0.15, 0.2) is 4.47 Å². The predicted octanol–water partition coefficient (Wildman–Crippen LogP) is 3.64. The molecule has 1 aromatic rings. The molecule has 0 saturated carbocycles. The van der Waals surface area contributed by atoms with E-state index in [-0.39, 0.29) is 12.2 Å². The zero-order valence-corrected chi connectivity index (χ0v) is 15.0. The number of halogens is 1. The summed E-state index contributed by atoms with van der Waals surface area (Å²) in [6.45, 7) is 6.62. The van der Waals surface area contributed by atoms with Crippen molar-refractivity contribution in [3.8, 4) is 11.5 Å². The number of benzene rings is 1. The summed E-state index contributed by atoms with van der Waals surface area (Å²) >= 11 is 3.78. The molecule has 3 nitrogen and oxygen atoms in total. The standard InChI is InChI=1S/C18H24BrNO2/c1-10-7-13-14(9-12-3-5-20-6-4-12)17-15(8-11(2)21-17)16(19)18(13)22-10/h10-12,20H,3-9H2,1-2H3. The van der Waals surface area contributed by atoms with Crippen LogP contribution in [0.5, 0.6) is 11.5 Å². The van der Waals surface area contributed by atoms with Gasteiger partial charge in [0, 0.05) is 29.5 Å². The molecule has 1 aromatic carbocycles. The van der Waals surface area contributed by atoms with Crippen molar-refractivity contribution in [1.29, 1.82) is 0 Å². The van der Waals surface area contributed by atoms with Crippen molar-refractivity contribution in [2.75, 3.05) is 13.1 Å². The summed E-state index contributed by atoms with van der Waals surface area (Å²) in [5.74, 6) is 3.02. The Morgan fingerprint density at radius 3 is 2.36 bits per heavy atom. The van der Waals surface area contributed by atoms with Gasteiger partial charge in [-0.15, -0.1) is 0 Å². The second-order valence-corrected chi connectivity index (χ2v) is 7.86. The van der Waals surface area contributed by atoms with E-state index < -0.39 is 0 Å². The Morgan fingerprint density at radius 2 is 1.64 bits per heavy atom. The fraction of sp³-hybridized carbons (Fsp3) is 0.667. The van der Waals surface area contributed by atoms with Crippen LogP contribution >= 0.6 is 15.9 Å². The summed E-state index contributed by atoms with van der Waals surface area (Å²) in [7, 11) is 0. The lowest BCUT2D eigenvalue weighted by Crippen LogP contribution is -2.29. The lowest BCUT2D eigenvalue weighted by Gasteiger charge is -2.24. The number of rotatable bonds is 2. The van der Waals surface area contributed by atoms with Gasteiger partial charge in [0.05, 0.1) is 4.47 Å². The van der Waals surface area contributed by atoms with Crippen molar-refractivity contribution < 1.29 is 9.47 Å². The minimum Gasteiger partial charge on any atom is -0.490 e. The average Bonchev–Trinajstić information content (AvgIpc) is 3.08. The zero-order valence-electron chi connectivity index (χ0n) is 13.4. The lowest BCUT2D eigenvalue weighted by atomic mass is 9.86. The molecule has 3 heterocycles. The van der Waals surface area contributed by atoms with Crippen molar-refractivity contribution in [2.24, 2.45) is 5.92 Å². The molecule has 22 heavy (non-hydrogen) atoms. The third-order valence-corrected chi connectivity index (χ3v) is 6.06. The maximum absolute atomic E-state index is 6.22. The van der Waals surface area contributed by atoms with Crippen LogP contribution in [0.4, 0.5) is 0 Å². The first-order valence-electron chi connectivity index (χ1n) is 8.53. The van der Waals surface area contributed by atoms with Gasteiger partial charge in [-0.2, -0.15) is 0 Å². The topological polar surface area (TPSA) is 30.5 Å². The first kappa shape index (κ1) is 14.8. The van der Waals surface area contributed by atoms with Gasteiger partial charge in [-0.05, 0) is 68.0 Å². The second kappa shape index (κ2) is 5.72. The van der Waals surface area contributed by atoms with Gasteiger partial charge in [0.2, 0.25) is 0 Å². The second-order valence-electron chi connectivity index (χ2n) is 7.07. The maximum Gasteiger partial charge on any atom is 0.138 e. The Hall–Kier alpha value is -0.740. The number of nitrogens with one attached hydrogen (secondary N) is 1. The van der Waals surface area contributed by atoms with Crippen molar-refractivity contribution in [2.45, 2.75) is 58.2 Å². The molecule has 120 valence electrons. The molecule has 0 aromatic heterocycles. The van der Waals surface area contributed by atoms with E-state index in [2.05, 4.69) is 35.1 Å². The molecule has 4 heteroatoms. The van der Waals surface area contributed by atoms with E-state index in [9.17, 15) is 0 Å². The molecule has 2 atom stereocenters. The van der Waals surface area contributed by atoms with Gasteiger partial charge in [0.25, 0.3) is 0 Å².